The summed E-state index contributed by atoms with van der Waals surface area (Å²) < 4.78 is 18.8. The number of fused-ring (bicyclic) bond motifs is 1. The number of hydrogen-bond acceptors (Lipinski definition) is 9. The van der Waals surface area contributed by atoms with E-state index in [1.807, 2.05) is 6.07 Å². The van der Waals surface area contributed by atoms with Gasteiger partial charge in [-0.1, -0.05) is 36.1 Å². The number of furan rings is 1. The lowest BCUT2D eigenvalue weighted by molar-refractivity contribution is -0.385. The summed E-state index contributed by atoms with van der Waals surface area (Å²) in [5.41, 5.74) is 3.00. The van der Waals surface area contributed by atoms with Crippen molar-refractivity contribution in [3.05, 3.63) is 125 Å². The van der Waals surface area contributed by atoms with Crippen molar-refractivity contribution in [3.63, 3.8) is 0 Å². The topological polar surface area (TPSA) is 126 Å². The standard InChI is InChI=1S/C32H29N3O7S/c1-6-14-41-23-10-8-21(9-11-23)29-28(31(37)40-7-2)20(5)33-32-34(29)30(36)27(43-32)17-24-12-13-26(42-24)22-15-18(3)19(4)25(16-22)35(38)39/h6,8-13,15-17,29H,1,7,14H2,2-5H3/b27-17-/t29-/m1/s1. The number of nitrogens with zero attached hydrogens (tertiary/aromatic N) is 3. The van der Waals surface area contributed by atoms with E-state index < -0.39 is 16.9 Å². The summed E-state index contributed by atoms with van der Waals surface area (Å²) >= 11 is 1.17. The average Bonchev–Trinajstić information content (AvgIpc) is 3.57. The number of aryl methyl sites for hydroxylation is 1. The Morgan fingerprint density at radius 2 is 1.93 bits per heavy atom. The van der Waals surface area contributed by atoms with Crippen LogP contribution in [-0.4, -0.2) is 28.7 Å². The Kier molecular flexibility index (Phi) is 8.27. The summed E-state index contributed by atoms with van der Waals surface area (Å²) in [5.74, 6) is 0.899. The van der Waals surface area contributed by atoms with Crippen LogP contribution in [-0.2, 0) is 9.53 Å². The molecule has 1 aliphatic rings. The molecule has 0 unspecified atom stereocenters. The summed E-state index contributed by atoms with van der Waals surface area (Å²) in [7, 11) is 0. The zero-order valence-corrected chi connectivity index (χ0v) is 24.9. The molecule has 1 atom stereocenters. The smallest absolute Gasteiger partial charge is 0.338 e. The van der Waals surface area contributed by atoms with E-state index in [1.165, 1.54) is 22.0 Å². The van der Waals surface area contributed by atoms with Gasteiger partial charge in [0.15, 0.2) is 4.80 Å². The molecule has 0 saturated carbocycles. The quantitative estimate of drug-likeness (QED) is 0.113. The fraction of sp³-hybridized carbons (Fsp3) is 0.219. The van der Waals surface area contributed by atoms with Crippen LogP contribution in [0.5, 0.6) is 5.75 Å². The second kappa shape index (κ2) is 12.1. The van der Waals surface area contributed by atoms with Crippen LogP contribution in [0.1, 0.15) is 42.3 Å². The summed E-state index contributed by atoms with van der Waals surface area (Å²) in [4.78, 5) is 43.1. The van der Waals surface area contributed by atoms with Gasteiger partial charge >= 0.3 is 5.97 Å². The minimum Gasteiger partial charge on any atom is -0.490 e. The molecule has 0 aliphatic carbocycles. The lowest BCUT2D eigenvalue weighted by atomic mass is 9.96. The zero-order valence-electron chi connectivity index (χ0n) is 24.1. The first-order valence-corrected chi connectivity index (χ1v) is 14.3. The van der Waals surface area contributed by atoms with Crippen LogP contribution in [0.15, 0.2) is 86.7 Å². The zero-order chi connectivity index (χ0) is 30.8. The molecule has 43 heavy (non-hydrogen) atoms. The molecule has 0 saturated heterocycles. The molecule has 0 bridgehead atoms. The Morgan fingerprint density at radius 1 is 1.19 bits per heavy atom. The minimum absolute atomic E-state index is 0.00864. The predicted octanol–water partition coefficient (Wildman–Crippen LogP) is 5.15. The third-order valence-corrected chi connectivity index (χ3v) is 8.08. The number of esters is 1. The first-order valence-electron chi connectivity index (χ1n) is 13.5. The van der Waals surface area contributed by atoms with Crippen molar-refractivity contribution >= 4 is 29.1 Å². The third-order valence-electron chi connectivity index (χ3n) is 7.10. The van der Waals surface area contributed by atoms with Crippen LogP contribution < -0.4 is 19.6 Å². The van der Waals surface area contributed by atoms with Crippen molar-refractivity contribution in [2.45, 2.75) is 33.7 Å². The van der Waals surface area contributed by atoms with Gasteiger partial charge in [-0.05, 0) is 69.2 Å². The second-order valence-corrected chi connectivity index (χ2v) is 10.9. The van der Waals surface area contributed by atoms with Crippen LogP contribution >= 0.6 is 11.3 Å². The van der Waals surface area contributed by atoms with E-state index >= 15 is 0 Å². The number of nitro groups is 1. The van der Waals surface area contributed by atoms with Crippen LogP contribution in [0.3, 0.4) is 0 Å². The van der Waals surface area contributed by atoms with Gasteiger partial charge in [0.1, 0.15) is 23.9 Å². The molecule has 220 valence electrons. The van der Waals surface area contributed by atoms with Gasteiger partial charge in [0.25, 0.3) is 11.2 Å². The van der Waals surface area contributed by atoms with Gasteiger partial charge in [-0.15, -0.1) is 0 Å². The molecule has 2 aromatic heterocycles. The fourth-order valence-electron chi connectivity index (χ4n) is 4.90. The molecule has 4 aromatic rings. The van der Waals surface area contributed by atoms with Crippen LogP contribution in [0, 0.1) is 24.0 Å². The Labute approximate surface area is 250 Å². The van der Waals surface area contributed by atoms with Crippen molar-refractivity contribution < 1.29 is 23.6 Å². The maximum atomic E-state index is 13.9. The highest BCUT2D eigenvalue weighted by Crippen LogP contribution is 2.33. The summed E-state index contributed by atoms with van der Waals surface area (Å²) in [5, 5.41) is 11.5. The molecule has 10 nitrogen and oxygen atoms in total. The largest absolute Gasteiger partial charge is 0.490 e. The molecule has 0 amide bonds. The molecular formula is C32H29N3O7S. The average molecular weight is 600 g/mol. The molecule has 0 N–H and O–H groups in total. The number of allylic oxidation sites excluding steroid dienone is 1. The lowest BCUT2D eigenvalue weighted by Crippen LogP contribution is -2.39. The first kappa shape index (κ1) is 29.5. The highest BCUT2D eigenvalue weighted by atomic mass is 32.1. The molecule has 1 aliphatic heterocycles. The molecule has 2 aromatic carbocycles. The SMILES string of the molecule is C=CCOc1ccc([C@@H]2C(C(=O)OCC)=C(C)N=c3s/c(=C\c4ccc(-c5cc(C)c(C)c([N+](=O)[O-])c5)o4)c(=O)n32)cc1. The van der Waals surface area contributed by atoms with Gasteiger partial charge in [-0.3, -0.25) is 19.5 Å². The number of thiazole rings is 1. The third kappa shape index (κ3) is 5.71. The summed E-state index contributed by atoms with van der Waals surface area (Å²) in [6, 6.07) is 13.1. The maximum Gasteiger partial charge on any atom is 0.338 e. The van der Waals surface area contributed by atoms with E-state index in [0.29, 0.717) is 55.6 Å². The normalized spacial score (nSPS) is 14.7. The summed E-state index contributed by atoms with van der Waals surface area (Å²) in [6.45, 7) is 11.1. The van der Waals surface area contributed by atoms with E-state index in [9.17, 15) is 19.7 Å². The van der Waals surface area contributed by atoms with Crippen molar-refractivity contribution in [1.29, 1.82) is 0 Å². The minimum atomic E-state index is -0.769. The van der Waals surface area contributed by atoms with E-state index in [1.54, 1.807) is 76.2 Å². The molecule has 0 radical (unpaired) electrons. The highest BCUT2D eigenvalue weighted by molar-refractivity contribution is 7.07. The van der Waals surface area contributed by atoms with Crippen molar-refractivity contribution in [3.8, 4) is 17.1 Å². The van der Waals surface area contributed by atoms with Gasteiger partial charge in [-0.25, -0.2) is 9.79 Å². The first-order chi connectivity index (χ1) is 20.6. The molecule has 0 fully saturated rings. The highest BCUT2D eigenvalue weighted by Gasteiger charge is 2.33. The monoisotopic (exact) mass is 599 g/mol. The Hall–Kier alpha value is -5.03. The molecule has 0 spiro atoms. The van der Waals surface area contributed by atoms with Gasteiger partial charge in [0.05, 0.1) is 33.4 Å². The van der Waals surface area contributed by atoms with Gasteiger partial charge < -0.3 is 13.9 Å². The number of hydrogen-bond donors (Lipinski definition) is 0. The van der Waals surface area contributed by atoms with Gasteiger partial charge in [0.2, 0.25) is 0 Å². The number of carbonyl (C=O) groups is 1. The lowest BCUT2D eigenvalue weighted by Gasteiger charge is -2.24. The molecular weight excluding hydrogens is 570 g/mol. The maximum absolute atomic E-state index is 13.9. The van der Waals surface area contributed by atoms with E-state index in [4.69, 9.17) is 13.9 Å². The predicted molar refractivity (Wildman–Crippen MR) is 163 cm³/mol. The van der Waals surface area contributed by atoms with E-state index in [-0.39, 0.29) is 23.4 Å². The van der Waals surface area contributed by atoms with Crippen molar-refractivity contribution in [2.24, 2.45) is 4.99 Å². The van der Waals surface area contributed by atoms with E-state index in [2.05, 4.69) is 11.6 Å². The Bertz CT molecular complexity index is 1960. The number of nitro benzene ring substituents is 1. The van der Waals surface area contributed by atoms with Crippen LogP contribution in [0.2, 0.25) is 0 Å². The van der Waals surface area contributed by atoms with Crippen LogP contribution in [0.4, 0.5) is 5.69 Å². The summed E-state index contributed by atoms with van der Waals surface area (Å²) in [6.07, 6.45) is 3.25. The van der Waals surface area contributed by atoms with E-state index in [0.717, 1.165) is 5.56 Å². The Balaban J connectivity index is 1.59. The molecule has 5 rings (SSSR count). The number of carbonyl (C=O) groups excluding carboxylic acids is 1. The Morgan fingerprint density at radius 3 is 2.60 bits per heavy atom. The number of benzene rings is 2. The van der Waals surface area contributed by atoms with Gasteiger partial charge in [0, 0.05) is 23.3 Å². The molecule has 11 heteroatoms. The van der Waals surface area contributed by atoms with Crippen LogP contribution in [0.25, 0.3) is 17.4 Å². The molecule has 3 heterocycles. The number of ether oxygens (including phenoxy) is 2. The van der Waals surface area contributed by atoms with Crippen molar-refractivity contribution in [2.75, 3.05) is 13.2 Å². The fourth-order valence-corrected chi connectivity index (χ4v) is 5.92. The van der Waals surface area contributed by atoms with Gasteiger partial charge in [-0.2, -0.15) is 0 Å². The van der Waals surface area contributed by atoms with Crippen molar-refractivity contribution in [1.82, 2.24) is 4.57 Å². The second-order valence-electron chi connectivity index (χ2n) is 9.87. The number of aromatic nitrogens is 1. The number of rotatable bonds is 9.